The highest BCUT2D eigenvalue weighted by molar-refractivity contribution is 7.94. The molecule has 0 spiro atoms. The maximum Gasteiger partial charge on any atom is 0.272 e. The molecular weight excluding hydrogens is 270 g/mol. The van der Waals surface area contributed by atoms with Gasteiger partial charge in [-0.3, -0.25) is 4.72 Å². The first-order valence-electron chi connectivity index (χ1n) is 4.12. The molecule has 1 N–H and O–H groups in total. The average molecular weight is 276 g/mol. The molecule has 0 bridgehead atoms. The zero-order valence-corrected chi connectivity index (χ0v) is 10.2. The van der Waals surface area contributed by atoms with Crippen LogP contribution in [0.3, 0.4) is 0 Å². The van der Waals surface area contributed by atoms with Gasteiger partial charge in [-0.1, -0.05) is 17.7 Å². The van der Waals surface area contributed by atoms with E-state index in [1.54, 1.807) is 11.4 Å². The molecule has 0 saturated heterocycles. The first kappa shape index (κ1) is 11.3. The molecule has 0 radical (unpaired) electrons. The normalized spacial score (nSPS) is 11.3. The lowest BCUT2D eigenvalue weighted by molar-refractivity contribution is 0.603. The highest BCUT2D eigenvalue weighted by atomic mass is 35.5. The lowest BCUT2D eigenvalue weighted by Gasteiger charge is -2.03. The van der Waals surface area contributed by atoms with Crippen LogP contribution in [0.2, 0.25) is 5.15 Å². The smallest absolute Gasteiger partial charge is 0.261 e. The van der Waals surface area contributed by atoms with Crippen molar-refractivity contribution < 1.29 is 8.42 Å². The topological polar surface area (TPSA) is 72.0 Å². The summed E-state index contributed by atoms with van der Waals surface area (Å²) in [6.45, 7) is 0. The van der Waals surface area contributed by atoms with E-state index >= 15 is 0 Å². The second-order valence-corrected chi connectivity index (χ2v) is 6.01. The number of sulfonamides is 1. The Morgan fingerprint density at radius 3 is 2.69 bits per heavy atom. The van der Waals surface area contributed by atoms with Gasteiger partial charge in [-0.05, 0) is 11.4 Å². The molecule has 0 saturated carbocycles. The molecule has 0 aromatic carbocycles. The number of rotatable bonds is 3. The quantitative estimate of drug-likeness (QED) is 0.930. The Hall–Kier alpha value is -1.18. The van der Waals surface area contributed by atoms with Gasteiger partial charge in [0.15, 0.2) is 5.82 Å². The first-order valence-corrected chi connectivity index (χ1v) is 6.86. The minimum Gasteiger partial charge on any atom is -0.261 e. The molecular formula is C8H6ClN3O2S2. The second kappa shape index (κ2) is 4.36. The molecule has 0 aliphatic carbocycles. The summed E-state index contributed by atoms with van der Waals surface area (Å²) in [4.78, 5) is 7.52. The van der Waals surface area contributed by atoms with E-state index in [9.17, 15) is 8.42 Å². The average Bonchev–Trinajstić information content (AvgIpc) is 2.75. The predicted molar refractivity (Wildman–Crippen MR) is 62.2 cm³/mol. The molecule has 2 heterocycles. The molecule has 2 rings (SSSR count). The van der Waals surface area contributed by atoms with Crippen molar-refractivity contribution in [2.75, 3.05) is 4.72 Å². The van der Waals surface area contributed by atoms with Crippen LogP contribution in [0.4, 0.5) is 5.82 Å². The first-order chi connectivity index (χ1) is 7.58. The number of nitrogens with zero attached hydrogens (tertiary/aromatic N) is 2. The summed E-state index contributed by atoms with van der Waals surface area (Å²) < 4.78 is 26.0. The van der Waals surface area contributed by atoms with Crippen LogP contribution in [0.15, 0.2) is 34.1 Å². The number of anilines is 1. The summed E-state index contributed by atoms with van der Waals surface area (Å²) in [6.07, 6.45) is 2.53. The van der Waals surface area contributed by atoms with E-state index in [4.69, 9.17) is 11.6 Å². The van der Waals surface area contributed by atoms with Gasteiger partial charge in [-0.15, -0.1) is 11.3 Å². The van der Waals surface area contributed by atoms with Gasteiger partial charge in [0.1, 0.15) is 9.36 Å². The third-order valence-electron chi connectivity index (χ3n) is 1.62. The van der Waals surface area contributed by atoms with E-state index in [1.165, 1.54) is 18.5 Å². The van der Waals surface area contributed by atoms with Crippen molar-refractivity contribution in [2.24, 2.45) is 0 Å². The largest absolute Gasteiger partial charge is 0.272 e. The number of aromatic nitrogens is 2. The Kier molecular flexibility index (Phi) is 3.08. The van der Waals surface area contributed by atoms with Crippen LogP contribution in [0.25, 0.3) is 0 Å². The summed E-state index contributed by atoms with van der Waals surface area (Å²) in [7, 11) is -3.56. The number of thiophene rings is 1. The Morgan fingerprint density at radius 1 is 1.31 bits per heavy atom. The van der Waals surface area contributed by atoms with Crippen molar-refractivity contribution >= 4 is 38.8 Å². The van der Waals surface area contributed by atoms with Crippen molar-refractivity contribution in [1.82, 2.24) is 9.97 Å². The van der Waals surface area contributed by atoms with Crippen LogP contribution in [-0.2, 0) is 10.0 Å². The maximum absolute atomic E-state index is 11.7. The van der Waals surface area contributed by atoms with Gasteiger partial charge in [0.2, 0.25) is 0 Å². The molecule has 0 aliphatic heterocycles. The number of halogens is 1. The monoisotopic (exact) mass is 275 g/mol. The predicted octanol–water partition coefficient (Wildman–Crippen LogP) is 1.99. The van der Waals surface area contributed by atoms with Gasteiger partial charge in [-0.2, -0.15) is 0 Å². The molecule has 0 unspecified atom stereocenters. The molecule has 5 nitrogen and oxygen atoms in total. The number of hydrogen-bond donors (Lipinski definition) is 1. The fourth-order valence-corrected chi connectivity index (χ4v) is 3.05. The number of nitrogens with one attached hydrogen (secondary N) is 1. The summed E-state index contributed by atoms with van der Waals surface area (Å²) in [5, 5.41) is 1.89. The fraction of sp³-hybridized carbons (Fsp3) is 0. The van der Waals surface area contributed by atoms with Crippen molar-refractivity contribution in [3.8, 4) is 0 Å². The molecule has 0 aliphatic rings. The van der Waals surface area contributed by atoms with Gasteiger partial charge in [-0.25, -0.2) is 18.4 Å². The fourth-order valence-electron chi connectivity index (χ4n) is 0.969. The molecule has 84 valence electrons. The summed E-state index contributed by atoms with van der Waals surface area (Å²) in [6, 6.07) is 3.17. The van der Waals surface area contributed by atoms with Gasteiger partial charge in [0, 0.05) is 0 Å². The summed E-state index contributed by atoms with van der Waals surface area (Å²) >= 11 is 6.66. The molecule has 2 aromatic rings. The zero-order chi connectivity index (χ0) is 11.6. The van der Waals surface area contributed by atoms with E-state index in [2.05, 4.69) is 14.7 Å². The maximum atomic E-state index is 11.7. The third-order valence-corrected chi connectivity index (χ3v) is 4.57. The van der Waals surface area contributed by atoms with E-state index in [1.807, 2.05) is 0 Å². The Bertz CT molecular complexity index is 566. The lowest BCUT2D eigenvalue weighted by Crippen LogP contribution is -2.12. The van der Waals surface area contributed by atoms with Gasteiger partial charge in [0.05, 0.1) is 12.4 Å². The Balaban J connectivity index is 2.25. The van der Waals surface area contributed by atoms with Gasteiger partial charge < -0.3 is 0 Å². The molecule has 8 heteroatoms. The third kappa shape index (κ3) is 2.49. The zero-order valence-electron chi connectivity index (χ0n) is 7.79. The van der Waals surface area contributed by atoms with Crippen LogP contribution in [0, 0.1) is 0 Å². The van der Waals surface area contributed by atoms with Crippen LogP contribution >= 0.6 is 22.9 Å². The van der Waals surface area contributed by atoms with Crippen LogP contribution < -0.4 is 4.72 Å². The van der Waals surface area contributed by atoms with E-state index < -0.39 is 10.0 Å². The number of hydrogen-bond acceptors (Lipinski definition) is 5. The molecule has 16 heavy (non-hydrogen) atoms. The Morgan fingerprint density at radius 2 is 2.12 bits per heavy atom. The molecule has 0 atom stereocenters. The standard InChI is InChI=1S/C8H6ClN3O2S2/c9-6-4-11-7(5-10-6)12-16(13,14)8-2-1-3-15-8/h1-5H,(H,11,12). The van der Waals surface area contributed by atoms with E-state index in [-0.39, 0.29) is 15.2 Å². The highest BCUT2D eigenvalue weighted by Gasteiger charge is 2.15. The summed E-state index contributed by atoms with van der Waals surface area (Å²) in [5.74, 6) is 0.137. The second-order valence-electron chi connectivity index (χ2n) is 2.76. The van der Waals surface area contributed by atoms with Crippen molar-refractivity contribution in [3.63, 3.8) is 0 Å². The van der Waals surface area contributed by atoms with Crippen LogP contribution in [-0.4, -0.2) is 18.4 Å². The SMILES string of the molecule is O=S(=O)(Nc1cnc(Cl)cn1)c1cccs1. The van der Waals surface area contributed by atoms with Crippen molar-refractivity contribution in [2.45, 2.75) is 4.21 Å². The van der Waals surface area contributed by atoms with Gasteiger partial charge >= 0.3 is 0 Å². The highest BCUT2D eigenvalue weighted by Crippen LogP contribution is 2.18. The van der Waals surface area contributed by atoms with E-state index in [0.29, 0.717) is 0 Å². The van der Waals surface area contributed by atoms with Gasteiger partial charge in [0.25, 0.3) is 10.0 Å². The molecule has 2 aromatic heterocycles. The molecule has 0 amide bonds. The lowest BCUT2D eigenvalue weighted by atomic mass is 10.7. The van der Waals surface area contributed by atoms with Crippen molar-refractivity contribution in [1.29, 1.82) is 0 Å². The van der Waals surface area contributed by atoms with Crippen LogP contribution in [0.5, 0.6) is 0 Å². The van der Waals surface area contributed by atoms with Crippen molar-refractivity contribution in [3.05, 3.63) is 35.1 Å². The van der Waals surface area contributed by atoms with Crippen LogP contribution in [0.1, 0.15) is 0 Å². The Labute approximate surface area is 101 Å². The minimum atomic E-state index is -3.56. The summed E-state index contributed by atoms with van der Waals surface area (Å²) in [5.41, 5.74) is 0. The molecule has 0 fully saturated rings. The van der Waals surface area contributed by atoms with E-state index in [0.717, 1.165) is 11.3 Å². The minimum absolute atomic E-state index is 0.137.